The Kier molecular flexibility index (Phi) is 5.81. The molecule has 0 bridgehead atoms. The molecule has 0 fully saturated rings. The second kappa shape index (κ2) is 7.67. The highest BCUT2D eigenvalue weighted by Crippen LogP contribution is 2.22. The number of ether oxygens (including phenoxy) is 1. The van der Waals surface area contributed by atoms with E-state index in [1.807, 2.05) is 6.92 Å². The van der Waals surface area contributed by atoms with Crippen molar-refractivity contribution in [1.29, 1.82) is 0 Å². The number of allylic oxidation sites excluding steroid dienone is 1. The smallest absolute Gasteiger partial charge is 0.405 e. The summed E-state index contributed by atoms with van der Waals surface area (Å²) in [5, 5.41) is 4.41. The van der Waals surface area contributed by atoms with Crippen LogP contribution in [0, 0.1) is 0 Å². The number of nitrogens with zero attached hydrogens (tertiary/aromatic N) is 3. The van der Waals surface area contributed by atoms with Gasteiger partial charge in [-0.05, 0) is 39.2 Å². The molecular weight excluding hydrogens is 327 g/mol. The highest BCUT2D eigenvalue weighted by molar-refractivity contribution is 5.96. The lowest BCUT2D eigenvalue weighted by molar-refractivity contribution is 0.0391. The number of halogens is 1. The third-order valence-corrected chi connectivity index (χ3v) is 4.30. The van der Waals surface area contributed by atoms with Crippen LogP contribution in [0.25, 0.3) is 0 Å². The molecule has 0 saturated heterocycles. The third-order valence-electron chi connectivity index (χ3n) is 4.30. The van der Waals surface area contributed by atoms with Crippen molar-refractivity contribution in [2.24, 2.45) is 5.73 Å². The van der Waals surface area contributed by atoms with E-state index in [1.54, 1.807) is 29.6 Å². The molecule has 2 heterocycles. The van der Waals surface area contributed by atoms with Crippen LogP contribution in [0.4, 0.5) is 9.18 Å². The first-order valence-corrected chi connectivity index (χ1v) is 8.38. The molecule has 1 aromatic rings. The van der Waals surface area contributed by atoms with E-state index in [4.69, 9.17) is 10.5 Å². The summed E-state index contributed by atoms with van der Waals surface area (Å²) in [6.45, 7) is 6.94. The predicted molar refractivity (Wildman–Crippen MR) is 90.7 cm³/mol. The number of aromatic nitrogens is 2. The van der Waals surface area contributed by atoms with Crippen molar-refractivity contribution in [3.8, 4) is 0 Å². The summed E-state index contributed by atoms with van der Waals surface area (Å²) in [6, 6.07) is 0. The molecule has 0 aromatic carbocycles. The minimum Gasteiger partial charge on any atom is -0.444 e. The predicted octanol–water partition coefficient (Wildman–Crippen LogP) is 2.41. The van der Waals surface area contributed by atoms with Gasteiger partial charge in [-0.15, -0.1) is 0 Å². The fourth-order valence-corrected chi connectivity index (χ4v) is 2.88. The van der Waals surface area contributed by atoms with Crippen molar-refractivity contribution < 1.29 is 18.7 Å². The number of likely N-dealkylation sites (N-methyl/N-ethyl adjacent to an activating group) is 1. The van der Waals surface area contributed by atoms with Gasteiger partial charge in [-0.25, -0.2) is 9.18 Å². The fourth-order valence-electron chi connectivity index (χ4n) is 2.88. The highest BCUT2D eigenvalue weighted by atomic mass is 19.1. The van der Waals surface area contributed by atoms with Crippen LogP contribution < -0.4 is 5.73 Å². The van der Waals surface area contributed by atoms with Gasteiger partial charge in [0.1, 0.15) is 5.60 Å². The van der Waals surface area contributed by atoms with Gasteiger partial charge in [0, 0.05) is 25.7 Å². The van der Waals surface area contributed by atoms with Gasteiger partial charge in [0.05, 0.1) is 24.1 Å². The van der Waals surface area contributed by atoms with E-state index in [9.17, 15) is 14.0 Å². The molecule has 0 unspecified atom stereocenters. The quantitative estimate of drug-likeness (QED) is 0.816. The normalized spacial score (nSPS) is 15.3. The molecule has 7 nitrogen and oxygen atoms in total. The zero-order chi connectivity index (χ0) is 18.6. The second-order valence-corrected chi connectivity index (χ2v) is 6.77. The molecule has 1 aliphatic rings. The maximum Gasteiger partial charge on any atom is 0.405 e. The van der Waals surface area contributed by atoms with Crippen LogP contribution in [-0.4, -0.2) is 45.4 Å². The number of carbonyl (C=O) groups is 2. The van der Waals surface area contributed by atoms with Crippen LogP contribution in [0.5, 0.6) is 0 Å². The number of amides is 2. The van der Waals surface area contributed by atoms with Gasteiger partial charge < -0.3 is 15.4 Å². The summed E-state index contributed by atoms with van der Waals surface area (Å²) in [5.41, 5.74) is 6.10. The van der Waals surface area contributed by atoms with Crippen molar-refractivity contribution >= 4 is 12.0 Å². The summed E-state index contributed by atoms with van der Waals surface area (Å²) in [4.78, 5) is 24.9. The average Bonchev–Trinajstić information content (AvgIpc) is 2.94. The van der Waals surface area contributed by atoms with Gasteiger partial charge in [0.15, 0.2) is 0 Å². The van der Waals surface area contributed by atoms with E-state index in [0.29, 0.717) is 49.8 Å². The van der Waals surface area contributed by atoms with Gasteiger partial charge in [0.25, 0.3) is 5.91 Å². The van der Waals surface area contributed by atoms with Crippen molar-refractivity contribution in [3.63, 3.8) is 0 Å². The Morgan fingerprint density at radius 3 is 2.84 bits per heavy atom. The van der Waals surface area contributed by atoms with Crippen LogP contribution in [0.2, 0.25) is 0 Å². The first-order valence-electron chi connectivity index (χ1n) is 8.38. The molecule has 1 aliphatic heterocycles. The van der Waals surface area contributed by atoms with Crippen LogP contribution >= 0.6 is 0 Å². The van der Waals surface area contributed by atoms with Crippen molar-refractivity contribution in [3.05, 3.63) is 29.4 Å². The maximum atomic E-state index is 13.2. The Morgan fingerprint density at radius 2 is 2.24 bits per heavy atom. The van der Waals surface area contributed by atoms with Gasteiger partial charge in [-0.3, -0.25) is 9.48 Å². The molecule has 25 heavy (non-hydrogen) atoms. The molecule has 0 aliphatic carbocycles. The summed E-state index contributed by atoms with van der Waals surface area (Å²) in [6.07, 6.45) is 2.88. The van der Waals surface area contributed by atoms with Crippen molar-refractivity contribution in [2.75, 3.05) is 13.1 Å². The molecular formula is C17H25FN4O3. The van der Waals surface area contributed by atoms with E-state index in [-0.39, 0.29) is 12.5 Å². The second-order valence-electron chi connectivity index (χ2n) is 6.77. The van der Waals surface area contributed by atoms with E-state index < -0.39 is 11.7 Å². The van der Waals surface area contributed by atoms with Crippen molar-refractivity contribution in [1.82, 2.24) is 14.7 Å². The minimum atomic E-state index is -0.852. The number of carbonyl (C=O) groups excluding carboxylic acids is 2. The lowest BCUT2D eigenvalue weighted by atomic mass is 9.99. The highest BCUT2D eigenvalue weighted by Gasteiger charge is 2.27. The Bertz CT molecular complexity index is 681. The van der Waals surface area contributed by atoms with Gasteiger partial charge >= 0.3 is 6.09 Å². The Hall–Kier alpha value is -2.38. The van der Waals surface area contributed by atoms with Crippen LogP contribution in [-0.2, 0) is 17.7 Å². The van der Waals surface area contributed by atoms with Gasteiger partial charge in [-0.2, -0.15) is 5.10 Å². The van der Waals surface area contributed by atoms with E-state index in [1.165, 1.54) is 0 Å². The summed E-state index contributed by atoms with van der Waals surface area (Å²) in [7, 11) is 0. The fraction of sp³-hybridized carbons (Fsp3) is 0.588. The lowest BCUT2D eigenvalue weighted by Gasteiger charge is -2.24. The number of nitrogens with two attached hydrogens (primary N) is 1. The molecule has 0 atom stereocenters. The SMILES string of the molecule is CCN1CCc2nn(C/C(=C/F)CCC(C)(C)OC(N)=O)cc2C1=O. The molecule has 2 N–H and O–H groups in total. The molecule has 1 aromatic heterocycles. The molecule has 2 rings (SSSR count). The lowest BCUT2D eigenvalue weighted by Crippen LogP contribution is -2.36. The number of hydrogen-bond acceptors (Lipinski definition) is 4. The van der Waals surface area contributed by atoms with E-state index in [0.717, 1.165) is 5.69 Å². The summed E-state index contributed by atoms with van der Waals surface area (Å²) < 4.78 is 19.8. The average molecular weight is 352 g/mol. The van der Waals surface area contributed by atoms with Gasteiger partial charge in [0.2, 0.25) is 0 Å². The Morgan fingerprint density at radius 1 is 1.52 bits per heavy atom. The van der Waals surface area contributed by atoms with Crippen molar-refractivity contribution in [2.45, 2.75) is 52.2 Å². The Labute approximate surface area is 146 Å². The minimum absolute atomic E-state index is 0.0308. The number of fused-ring (bicyclic) bond motifs is 1. The molecule has 0 radical (unpaired) electrons. The maximum absolute atomic E-state index is 13.2. The number of rotatable bonds is 7. The molecule has 0 spiro atoms. The molecule has 138 valence electrons. The number of primary amides is 1. The Balaban J connectivity index is 2.01. The monoisotopic (exact) mass is 352 g/mol. The van der Waals surface area contributed by atoms with Crippen LogP contribution in [0.15, 0.2) is 18.1 Å². The zero-order valence-corrected chi connectivity index (χ0v) is 14.9. The molecule has 0 saturated carbocycles. The van der Waals surface area contributed by atoms with E-state index in [2.05, 4.69) is 5.10 Å². The van der Waals surface area contributed by atoms with Crippen LogP contribution in [0.3, 0.4) is 0 Å². The topological polar surface area (TPSA) is 90.4 Å². The first kappa shape index (κ1) is 19.0. The summed E-state index contributed by atoms with van der Waals surface area (Å²) >= 11 is 0. The summed E-state index contributed by atoms with van der Waals surface area (Å²) in [5.74, 6) is -0.0308. The largest absolute Gasteiger partial charge is 0.444 e. The molecule has 2 amide bonds. The first-order chi connectivity index (χ1) is 11.8. The standard InChI is InChI=1S/C17H25FN4O3/c1-4-21-8-6-14-13(15(21)23)11-22(20-14)10-12(9-18)5-7-17(2,3)25-16(19)24/h9,11H,4-8,10H2,1-3H3,(H2,19,24)/b12-9+. The zero-order valence-electron chi connectivity index (χ0n) is 14.9. The van der Waals surface area contributed by atoms with Crippen LogP contribution in [0.1, 0.15) is 49.7 Å². The van der Waals surface area contributed by atoms with E-state index >= 15 is 0 Å². The third kappa shape index (κ3) is 4.80. The molecule has 8 heteroatoms. The van der Waals surface area contributed by atoms with Gasteiger partial charge in [-0.1, -0.05) is 0 Å². The number of hydrogen-bond donors (Lipinski definition) is 1.